The van der Waals surface area contributed by atoms with Crippen LogP contribution in [-0.4, -0.2) is 5.00 Å². The van der Waals surface area contributed by atoms with Crippen LogP contribution in [0.5, 0.6) is 0 Å². The summed E-state index contributed by atoms with van der Waals surface area (Å²) in [6.45, 7) is 1.90. The van der Waals surface area contributed by atoms with Crippen molar-refractivity contribution in [1.82, 2.24) is 5.32 Å². The van der Waals surface area contributed by atoms with Crippen molar-refractivity contribution in [1.29, 1.82) is 0 Å². The van der Waals surface area contributed by atoms with E-state index in [1.54, 1.807) is 0 Å². The molecule has 0 saturated heterocycles. The molecular weight excluding hydrogens is 122 g/mol. The highest BCUT2D eigenvalue weighted by atomic mass is 35.5. The largest absolute Gasteiger partial charge is 0.370 e. The fourth-order valence-electron chi connectivity index (χ4n) is 0.551. The average Bonchev–Trinajstić information content (AvgIpc) is 1.65. The van der Waals surface area contributed by atoms with Gasteiger partial charge < -0.3 is 5.32 Å². The second kappa shape index (κ2) is 1.82. The first-order valence-electron chi connectivity index (χ1n) is 2.52. The van der Waals surface area contributed by atoms with E-state index in [4.69, 9.17) is 11.6 Å². The fraction of sp³-hybridized carbons (Fsp3) is 0.333. The van der Waals surface area contributed by atoms with Crippen LogP contribution in [0.3, 0.4) is 0 Å². The molecule has 0 radical (unpaired) electrons. The Labute approximate surface area is 54.0 Å². The molecule has 0 fully saturated rings. The highest BCUT2D eigenvalue weighted by Crippen LogP contribution is 2.13. The Kier molecular flexibility index (Phi) is 1.30. The van der Waals surface area contributed by atoms with E-state index >= 15 is 0 Å². The van der Waals surface area contributed by atoms with E-state index in [2.05, 4.69) is 5.32 Å². The summed E-state index contributed by atoms with van der Waals surface area (Å²) in [4.78, 5) is -0.366. The third kappa shape index (κ3) is 1.27. The van der Waals surface area contributed by atoms with E-state index in [0.717, 1.165) is 0 Å². The second-order valence-corrected chi connectivity index (χ2v) is 2.72. The maximum absolute atomic E-state index is 5.82. The summed E-state index contributed by atoms with van der Waals surface area (Å²) < 4.78 is 0. The number of hydrogen-bond acceptors (Lipinski definition) is 1. The molecule has 0 aromatic heterocycles. The molecule has 1 atom stereocenters. The highest BCUT2D eigenvalue weighted by Gasteiger charge is 2.13. The summed E-state index contributed by atoms with van der Waals surface area (Å²) >= 11 is 5.82. The maximum Gasteiger partial charge on any atom is 0.128 e. The van der Waals surface area contributed by atoms with Crippen LogP contribution in [0.15, 0.2) is 24.4 Å². The topological polar surface area (TPSA) is 12.0 Å². The van der Waals surface area contributed by atoms with Gasteiger partial charge in [0, 0.05) is 0 Å². The summed E-state index contributed by atoms with van der Waals surface area (Å²) in [6.07, 6.45) is 7.55. The molecular formula is C6H8ClN. The standard InChI is InChI=1S/C6H8ClN/c1-6(7)4-2-3-5-8-6/h2-5,8H,1H3. The van der Waals surface area contributed by atoms with E-state index in [1.807, 2.05) is 31.4 Å². The fourth-order valence-corrected chi connectivity index (χ4v) is 0.687. The number of allylic oxidation sites excluding steroid dienone is 2. The Balaban J connectivity index is 2.65. The monoisotopic (exact) mass is 129 g/mol. The minimum absolute atomic E-state index is 0.366. The van der Waals surface area contributed by atoms with Crippen LogP contribution in [-0.2, 0) is 0 Å². The van der Waals surface area contributed by atoms with Crippen LogP contribution >= 0.6 is 11.6 Å². The van der Waals surface area contributed by atoms with Crippen LogP contribution in [0.1, 0.15) is 6.92 Å². The smallest absolute Gasteiger partial charge is 0.128 e. The zero-order valence-electron chi connectivity index (χ0n) is 4.69. The molecule has 0 aliphatic carbocycles. The molecule has 0 bridgehead atoms. The Morgan fingerprint density at radius 3 is 2.50 bits per heavy atom. The highest BCUT2D eigenvalue weighted by molar-refractivity contribution is 6.24. The molecule has 44 valence electrons. The molecule has 8 heavy (non-hydrogen) atoms. The average molecular weight is 130 g/mol. The summed E-state index contributed by atoms with van der Waals surface area (Å²) in [6, 6.07) is 0. The van der Waals surface area contributed by atoms with Gasteiger partial charge in [-0.15, -0.1) is 0 Å². The molecule has 0 spiro atoms. The quantitative estimate of drug-likeness (QED) is 0.387. The third-order valence-corrected chi connectivity index (χ3v) is 1.22. The van der Waals surface area contributed by atoms with Gasteiger partial charge in [0.25, 0.3) is 0 Å². The number of rotatable bonds is 0. The number of hydrogen-bond donors (Lipinski definition) is 1. The SMILES string of the molecule is CC1(Cl)C=CC=CN1. The van der Waals surface area contributed by atoms with Gasteiger partial charge >= 0.3 is 0 Å². The van der Waals surface area contributed by atoms with E-state index < -0.39 is 0 Å². The van der Waals surface area contributed by atoms with Crippen molar-refractivity contribution in [2.45, 2.75) is 11.9 Å². The van der Waals surface area contributed by atoms with Gasteiger partial charge in [0.1, 0.15) is 5.00 Å². The lowest BCUT2D eigenvalue weighted by Gasteiger charge is -2.19. The lowest BCUT2D eigenvalue weighted by atomic mass is 10.2. The Hall–Kier alpha value is -0.430. The molecule has 0 aromatic carbocycles. The third-order valence-electron chi connectivity index (χ3n) is 0.982. The molecule has 1 nitrogen and oxygen atoms in total. The molecule has 1 unspecified atom stereocenters. The van der Waals surface area contributed by atoms with Gasteiger partial charge in [-0.05, 0) is 25.3 Å². The van der Waals surface area contributed by atoms with Crippen LogP contribution < -0.4 is 5.32 Å². The first kappa shape index (κ1) is 5.70. The summed E-state index contributed by atoms with van der Waals surface area (Å²) in [5.41, 5.74) is 0. The van der Waals surface area contributed by atoms with Gasteiger partial charge in [-0.25, -0.2) is 0 Å². The zero-order chi connectivity index (χ0) is 6.04. The number of halogens is 1. The molecule has 2 heteroatoms. The van der Waals surface area contributed by atoms with Gasteiger partial charge in [0.2, 0.25) is 0 Å². The predicted octanol–water partition coefficient (Wildman–Crippen LogP) is 1.61. The summed E-state index contributed by atoms with van der Waals surface area (Å²) in [7, 11) is 0. The van der Waals surface area contributed by atoms with Crippen molar-refractivity contribution in [2.75, 3.05) is 0 Å². The van der Waals surface area contributed by atoms with Crippen LogP contribution in [0.4, 0.5) is 0 Å². The van der Waals surface area contributed by atoms with Crippen molar-refractivity contribution in [3.63, 3.8) is 0 Å². The zero-order valence-corrected chi connectivity index (χ0v) is 5.44. The predicted molar refractivity (Wildman–Crippen MR) is 35.7 cm³/mol. The molecule has 1 aliphatic rings. The minimum Gasteiger partial charge on any atom is -0.370 e. The number of dihydropyridines is 1. The second-order valence-electron chi connectivity index (χ2n) is 1.94. The van der Waals surface area contributed by atoms with Crippen LogP contribution in [0, 0.1) is 0 Å². The summed E-state index contributed by atoms with van der Waals surface area (Å²) in [5.74, 6) is 0. The van der Waals surface area contributed by atoms with Crippen molar-refractivity contribution >= 4 is 11.6 Å². The van der Waals surface area contributed by atoms with Crippen LogP contribution in [0.2, 0.25) is 0 Å². The molecule has 1 rings (SSSR count). The normalized spacial score (nSPS) is 34.8. The first-order valence-corrected chi connectivity index (χ1v) is 2.89. The Bertz CT molecular complexity index is 135. The van der Waals surface area contributed by atoms with Gasteiger partial charge in [-0.2, -0.15) is 0 Å². The molecule has 1 aliphatic heterocycles. The van der Waals surface area contributed by atoms with Gasteiger partial charge in [0.15, 0.2) is 0 Å². The molecule has 0 aromatic rings. The van der Waals surface area contributed by atoms with E-state index in [0.29, 0.717) is 0 Å². The summed E-state index contributed by atoms with van der Waals surface area (Å²) in [5, 5.41) is 2.96. The van der Waals surface area contributed by atoms with E-state index in [-0.39, 0.29) is 5.00 Å². The first-order chi connectivity index (χ1) is 3.71. The minimum atomic E-state index is -0.366. The Morgan fingerprint density at radius 2 is 2.25 bits per heavy atom. The van der Waals surface area contributed by atoms with Crippen molar-refractivity contribution in [2.24, 2.45) is 0 Å². The van der Waals surface area contributed by atoms with Crippen molar-refractivity contribution in [3.05, 3.63) is 24.4 Å². The molecule has 0 saturated carbocycles. The van der Waals surface area contributed by atoms with E-state index in [9.17, 15) is 0 Å². The van der Waals surface area contributed by atoms with Crippen molar-refractivity contribution in [3.8, 4) is 0 Å². The lowest BCUT2D eigenvalue weighted by Crippen LogP contribution is -2.31. The van der Waals surface area contributed by atoms with Gasteiger partial charge in [-0.1, -0.05) is 17.7 Å². The number of nitrogens with one attached hydrogen (secondary N) is 1. The Morgan fingerprint density at radius 1 is 1.50 bits per heavy atom. The molecule has 1 N–H and O–H groups in total. The molecule has 0 amide bonds. The number of alkyl halides is 1. The van der Waals surface area contributed by atoms with Crippen molar-refractivity contribution < 1.29 is 0 Å². The van der Waals surface area contributed by atoms with Crippen LogP contribution in [0.25, 0.3) is 0 Å². The van der Waals surface area contributed by atoms with Gasteiger partial charge in [-0.3, -0.25) is 0 Å². The van der Waals surface area contributed by atoms with E-state index in [1.165, 1.54) is 0 Å². The lowest BCUT2D eigenvalue weighted by molar-refractivity contribution is 0.686. The van der Waals surface area contributed by atoms with Gasteiger partial charge in [0.05, 0.1) is 0 Å². The molecule has 1 heterocycles. The maximum atomic E-state index is 5.82.